The normalized spacial score (nSPS) is 22.2. The van der Waals surface area contributed by atoms with Crippen LogP contribution in [0.1, 0.15) is 12.8 Å². The lowest BCUT2D eigenvalue weighted by atomic mass is 10.2. The molecule has 1 aliphatic rings. The molecule has 0 aliphatic carbocycles. The van der Waals surface area contributed by atoms with E-state index in [-0.39, 0.29) is 5.97 Å². The highest BCUT2D eigenvalue weighted by molar-refractivity contribution is 7.99. The van der Waals surface area contributed by atoms with Crippen LogP contribution in [-0.2, 0) is 9.53 Å². The lowest BCUT2D eigenvalue weighted by molar-refractivity contribution is -0.141. The van der Waals surface area contributed by atoms with E-state index in [1.165, 1.54) is 25.0 Å². The minimum atomic E-state index is -0.113. The van der Waals surface area contributed by atoms with E-state index in [4.69, 9.17) is 0 Å². The van der Waals surface area contributed by atoms with Gasteiger partial charge in [-0.1, -0.05) is 0 Å². The Bertz CT molecular complexity index is 169. The monoisotopic (exact) mass is 203 g/mol. The zero-order chi connectivity index (χ0) is 9.68. The van der Waals surface area contributed by atoms with Crippen molar-refractivity contribution in [1.82, 2.24) is 4.90 Å². The molecule has 0 N–H and O–H groups in total. The average molecular weight is 203 g/mol. The fraction of sp³-hybridized carbons (Fsp3) is 0.889. The molecule has 0 aromatic rings. The minimum Gasteiger partial charge on any atom is -0.469 e. The first-order valence-electron chi connectivity index (χ1n) is 4.59. The molecule has 0 aromatic heterocycles. The smallest absolute Gasteiger partial charge is 0.306 e. The summed E-state index contributed by atoms with van der Waals surface area (Å²) in [5, 5.41) is 0. The second kappa shape index (κ2) is 5.50. The lowest BCUT2D eigenvalue weighted by Crippen LogP contribution is -2.33. The first kappa shape index (κ1) is 10.9. The van der Waals surface area contributed by atoms with Crippen molar-refractivity contribution in [3.05, 3.63) is 0 Å². The maximum absolute atomic E-state index is 10.9. The van der Waals surface area contributed by atoms with Gasteiger partial charge in [-0.05, 0) is 19.2 Å². The van der Waals surface area contributed by atoms with E-state index >= 15 is 0 Å². The van der Waals surface area contributed by atoms with Gasteiger partial charge in [-0.25, -0.2) is 0 Å². The molecule has 1 rings (SSSR count). The molecule has 1 atom stereocenters. The molecule has 0 bridgehead atoms. The van der Waals surface area contributed by atoms with Gasteiger partial charge < -0.3 is 9.64 Å². The van der Waals surface area contributed by atoms with Crippen LogP contribution in [0.2, 0.25) is 0 Å². The SMILES string of the molecule is COC(=O)CCN(C)C1CCSC1. The first-order valence-corrected chi connectivity index (χ1v) is 5.74. The van der Waals surface area contributed by atoms with Crippen molar-refractivity contribution in [2.75, 3.05) is 32.2 Å². The Morgan fingerprint density at radius 1 is 1.69 bits per heavy atom. The van der Waals surface area contributed by atoms with Crippen molar-refractivity contribution < 1.29 is 9.53 Å². The molecule has 1 aliphatic heterocycles. The van der Waals surface area contributed by atoms with Crippen LogP contribution in [-0.4, -0.2) is 49.1 Å². The Balaban J connectivity index is 2.16. The van der Waals surface area contributed by atoms with Gasteiger partial charge in [0, 0.05) is 18.3 Å². The number of hydrogen-bond donors (Lipinski definition) is 0. The molecule has 1 saturated heterocycles. The van der Waals surface area contributed by atoms with Crippen molar-refractivity contribution in [3.63, 3.8) is 0 Å². The van der Waals surface area contributed by atoms with Gasteiger partial charge in [0.15, 0.2) is 0 Å². The van der Waals surface area contributed by atoms with Crippen molar-refractivity contribution in [1.29, 1.82) is 0 Å². The molecular formula is C9H17NO2S. The Hall–Kier alpha value is -0.220. The summed E-state index contributed by atoms with van der Waals surface area (Å²) in [5.41, 5.74) is 0. The van der Waals surface area contributed by atoms with E-state index in [1.807, 2.05) is 11.8 Å². The van der Waals surface area contributed by atoms with Crippen LogP contribution in [0, 0.1) is 0 Å². The van der Waals surface area contributed by atoms with E-state index in [2.05, 4.69) is 16.7 Å². The summed E-state index contributed by atoms with van der Waals surface area (Å²) in [6.07, 6.45) is 1.76. The Labute approximate surface area is 83.8 Å². The molecule has 1 unspecified atom stereocenters. The number of esters is 1. The third kappa shape index (κ3) is 3.56. The topological polar surface area (TPSA) is 29.5 Å². The number of methoxy groups -OCH3 is 1. The van der Waals surface area contributed by atoms with E-state index in [1.54, 1.807) is 0 Å². The van der Waals surface area contributed by atoms with Gasteiger partial charge in [-0.3, -0.25) is 4.79 Å². The highest BCUT2D eigenvalue weighted by atomic mass is 32.2. The Morgan fingerprint density at radius 2 is 2.46 bits per heavy atom. The second-order valence-electron chi connectivity index (χ2n) is 3.32. The number of ether oxygens (including phenoxy) is 1. The summed E-state index contributed by atoms with van der Waals surface area (Å²) in [6, 6.07) is 0.662. The standard InChI is InChI=1S/C9H17NO2S/c1-10(5-3-9(11)12-2)8-4-6-13-7-8/h8H,3-7H2,1-2H3. The summed E-state index contributed by atoms with van der Waals surface area (Å²) in [6.45, 7) is 0.817. The number of rotatable bonds is 4. The van der Waals surface area contributed by atoms with Crippen LogP contribution >= 0.6 is 11.8 Å². The number of nitrogens with zero attached hydrogens (tertiary/aromatic N) is 1. The average Bonchev–Trinajstić information content (AvgIpc) is 2.66. The Kier molecular flexibility index (Phi) is 4.59. The van der Waals surface area contributed by atoms with Crippen molar-refractivity contribution >= 4 is 17.7 Å². The lowest BCUT2D eigenvalue weighted by Gasteiger charge is -2.22. The van der Waals surface area contributed by atoms with Crippen LogP contribution in [0.15, 0.2) is 0 Å². The van der Waals surface area contributed by atoms with Gasteiger partial charge >= 0.3 is 5.97 Å². The summed E-state index contributed by atoms with van der Waals surface area (Å²) >= 11 is 1.99. The highest BCUT2D eigenvalue weighted by Gasteiger charge is 2.20. The molecule has 13 heavy (non-hydrogen) atoms. The zero-order valence-corrected chi connectivity index (χ0v) is 9.10. The first-order chi connectivity index (χ1) is 6.24. The molecule has 0 saturated carbocycles. The molecule has 0 radical (unpaired) electrons. The summed E-state index contributed by atoms with van der Waals surface area (Å²) in [4.78, 5) is 13.1. The van der Waals surface area contributed by atoms with E-state index < -0.39 is 0 Å². The predicted octanol–water partition coefficient (Wildman–Crippen LogP) is 0.987. The van der Waals surface area contributed by atoms with Gasteiger partial charge in [0.05, 0.1) is 13.5 Å². The van der Waals surface area contributed by atoms with Gasteiger partial charge in [-0.15, -0.1) is 0 Å². The van der Waals surface area contributed by atoms with Crippen LogP contribution in [0.5, 0.6) is 0 Å². The fourth-order valence-corrected chi connectivity index (χ4v) is 2.72. The third-order valence-electron chi connectivity index (χ3n) is 2.43. The molecule has 3 nitrogen and oxygen atoms in total. The second-order valence-corrected chi connectivity index (χ2v) is 4.47. The van der Waals surface area contributed by atoms with Gasteiger partial charge in [-0.2, -0.15) is 11.8 Å². The predicted molar refractivity (Wildman–Crippen MR) is 55.0 cm³/mol. The largest absolute Gasteiger partial charge is 0.469 e. The zero-order valence-electron chi connectivity index (χ0n) is 8.28. The fourth-order valence-electron chi connectivity index (χ4n) is 1.42. The number of thioether (sulfide) groups is 1. The molecule has 76 valence electrons. The molecule has 0 spiro atoms. The summed E-state index contributed by atoms with van der Waals surface area (Å²) < 4.78 is 4.59. The van der Waals surface area contributed by atoms with Crippen LogP contribution in [0.25, 0.3) is 0 Å². The molecule has 0 amide bonds. The maximum Gasteiger partial charge on any atom is 0.306 e. The molecule has 1 fully saturated rings. The summed E-state index contributed by atoms with van der Waals surface area (Å²) in [5.74, 6) is 2.35. The Morgan fingerprint density at radius 3 is 3.00 bits per heavy atom. The third-order valence-corrected chi connectivity index (χ3v) is 3.57. The highest BCUT2D eigenvalue weighted by Crippen LogP contribution is 2.21. The van der Waals surface area contributed by atoms with Gasteiger partial charge in [0.1, 0.15) is 0 Å². The number of carbonyl (C=O) groups is 1. The minimum absolute atomic E-state index is 0.113. The van der Waals surface area contributed by atoms with E-state index in [0.717, 1.165) is 6.54 Å². The molecule has 0 aromatic carbocycles. The molecular weight excluding hydrogens is 186 g/mol. The van der Waals surface area contributed by atoms with E-state index in [9.17, 15) is 4.79 Å². The molecule has 4 heteroatoms. The van der Waals surface area contributed by atoms with E-state index in [0.29, 0.717) is 12.5 Å². The number of carbonyl (C=O) groups excluding carboxylic acids is 1. The van der Waals surface area contributed by atoms with Gasteiger partial charge in [0.25, 0.3) is 0 Å². The quantitative estimate of drug-likeness (QED) is 0.637. The summed E-state index contributed by atoms with van der Waals surface area (Å²) in [7, 11) is 3.52. The number of hydrogen-bond acceptors (Lipinski definition) is 4. The van der Waals surface area contributed by atoms with Crippen LogP contribution < -0.4 is 0 Å². The van der Waals surface area contributed by atoms with Crippen LogP contribution in [0.4, 0.5) is 0 Å². The van der Waals surface area contributed by atoms with Crippen molar-refractivity contribution in [3.8, 4) is 0 Å². The maximum atomic E-state index is 10.9. The van der Waals surface area contributed by atoms with Crippen LogP contribution in [0.3, 0.4) is 0 Å². The van der Waals surface area contributed by atoms with Crippen molar-refractivity contribution in [2.45, 2.75) is 18.9 Å². The molecule has 1 heterocycles. The van der Waals surface area contributed by atoms with Crippen molar-refractivity contribution in [2.24, 2.45) is 0 Å². The van der Waals surface area contributed by atoms with Gasteiger partial charge in [0.2, 0.25) is 0 Å².